The fourth-order valence-corrected chi connectivity index (χ4v) is 3.80. The van der Waals surface area contributed by atoms with Crippen LogP contribution in [-0.4, -0.2) is 44.1 Å². The fourth-order valence-electron chi connectivity index (χ4n) is 3.80. The molecule has 0 bridgehead atoms. The van der Waals surface area contributed by atoms with Crippen molar-refractivity contribution in [1.82, 2.24) is 9.97 Å². The third-order valence-electron chi connectivity index (χ3n) is 5.31. The van der Waals surface area contributed by atoms with Crippen LogP contribution in [-0.2, 0) is 6.61 Å². The largest absolute Gasteiger partial charge is 0.392 e. The van der Waals surface area contributed by atoms with Gasteiger partial charge in [-0.05, 0) is 39.2 Å². The maximum atomic E-state index is 11.7. The molecule has 30 heavy (non-hydrogen) atoms. The summed E-state index contributed by atoms with van der Waals surface area (Å²) in [5, 5.41) is 35.7. The quantitative estimate of drug-likeness (QED) is 0.535. The molecule has 0 saturated carbocycles. The van der Waals surface area contributed by atoms with Crippen molar-refractivity contribution in [3.05, 3.63) is 55.0 Å². The van der Waals surface area contributed by atoms with Gasteiger partial charge in [0, 0.05) is 42.5 Å². The highest BCUT2D eigenvalue weighted by atomic mass is 16.6. The van der Waals surface area contributed by atoms with E-state index in [1.165, 1.54) is 13.0 Å². The molecule has 2 heterocycles. The Morgan fingerprint density at radius 3 is 2.33 bits per heavy atom. The number of nitro benzene ring substituents is 2. The van der Waals surface area contributed by atoms with E-state index in [1.54, 1.807) is 0 Å². The predicted molar refractivity (Wildman–Crippen MR) is 111 cm³/mol. The van der Waals surface area contributed by atoms with Gasteiger partial charge in [0.25, 0.3) is 5.69 Å². The molecule has 0 aliphatic carbocycles. The molecule has 3 rings (SSSR count). The summed E-state index contributed by atoms with van der Waals surface area (Å²) in [4.78, 5) is 32.8. The first-order chi connectivity index (χ1) is 14.2. The minimum absolute atomic E-state index is 0.105. The van der Waals surface area contributed by atoms with Gasteiger partial charge in [-0.15, -0.1) is 0 Å². The Labute approximate surface area is 173 Å². The molecule has 11 nitrogen and oxygen atoms in total. The van der Waals surface area contributed by atoms with Crippen molar-refractivity contribution in [3.63, 3.8) is 0 Å². The van der Waals surface area contributed by atoms with E-state index in [0.29, 0.717) is 31.8 Å². The van der Waals surface area contributed by atoms with Gasteiger partial charge in [0.05, 0.1) is 16.5 Å². The number of aromatic nitrogens is 2. The highest BCUT2D eigenvalue weighted by Gasteiger charge is 2.32. The average Bonchev–Trinajstić information content (AvgIpc) is 2.67. The Hall–Kier alpha value is -3.34. The zero-order chi connectivity index (χ0) is 22.0. The second-order valence-electron chi connectivity index (χ2n) is 7.40. The van der Waals surface area contributed by atoms with Gasteiger partial charge in [-0.3, -0.25) is 20.2 Å². The number of aliphatic hydroxyl groups excluding tert-OH is 1. The number of aryl methyl sites for hydroxylation is 2. The van der Waals surface area contributed by atoms with Gasteiger partial charge in [-0.25, -0.2) is 9.97 Å². The van der Waals surface area contributed by atoms with Crippen molar-refractivity contribution >= 4 is 22.9 Å². The molecule has 0 unspecified atom stereocenters. The van der Waals surface area contributed by atoms with Crippen LogP contribution in [0.15, 0.2) is 12.1 Å². The number of nitro groups is 2. The maximum Gasteiger partial charge on any atom is 0.302 e. The van der Waals surface area contributed by atoms with Crippen molar-refractivity contribution in [2.75, 3.05) is 23.3 Å². The fraction of sp³-hybridized carbons (Fsp3) is 0.474. The van der Waals surface area contributed by atoms with Gasteiger partial charge in [-0.1, -0.05) is 0 Å². The Morgan fingerprint density at radius 2 is 1.80 bits per heavy atom. The molecule has 1 aromatic heterocycles. The van der Waals surface area contributed by atoms with Crippen molar-refractivity contribution < 1.29 is 15.0 Å². The van der Waals surface area contributed by atoms with E-state index in [0.717, 1.165) is 11.5 Å². The van der Waals surface area contributed by atoms with Gasteiger partial charge >= 0.3 is 5.69 Å². The number of nitrogens with zero attached hydrogens (tertiary/aromatic N) is 5. The normalized spacial score (nSPS) is 14.6. The topological polar surface area (TPSA) is 148 Å². The lowest BCUT2D eigenvalue weighted by Crippen LogP contribution is -2.39. The highest BCUT2D eigenvalue weighted by Crippen LogP contribution is 2.40. The zero-order valence-electron chi connectivity index (χ0n) is 17.1. The first-order valence-corrected chi connectivity index (χ1v) is 9.61. The first kappa shape index (κ1) is 21.4. The molecule has 1 aliphatic heterocycles. The third-order valence-corrected chi connectivity index (χ3v) is 5.31. The molecule has 0 amide bonds. The highest BCUT2D eigenvalue weighted by molar-refractivity contribution is 5.78. The number of anilines is 2. The molecule has 1 aliphatic rings. The number of hydrogen-bond acceptors (Lipinski definition) is 9. The summed E-state index contributed by atoms with van der Waals surface area (Å²) in [6.45, 7) is 6.03. The molecule has 0 atom stereocenters. The van der Waals surface area contributed by atoms with Crippen LogP contribution in [0.5, 0.6) is 0 Å². The van der Waals surface area contributed by atoms with E-state index in [2.05, 4.69) is 20.2 Å². The second kappa shape index (κ2) is 8.57. The Morgan fingerprint density at radius 1 is 1.13 bits per heavy atom. The maximum absolute atomic E-state index is 11.7. The summed E-state index contributed by atoms with van der Waals surface area (Å²) in [7, 11) is 0. The lowest BCUT2D eigenvalue weighted by molar-refractivity contribution is -0.392. The molecule has 160 valence electrons. The van der Waals surface area contributed by atoms with Crippen LogP contribution in [0, 0.1) is 41.0 Å². The minimum atomic E-state index is -0.657. The van der Waals surface area contributed by atoms with Gasteiger partial charge in [0.15, 0.2) is 5.69 Å². The predicted octanol–water partition coefficient (Wildman–Crippen LogP) is 2.79. The number of hydrogen-bond donors (Lipinski definition) is 2. The van der Waals surface area contributed by atoms with Crippen molar-refractivity contribution in [3.8, 4) is 0 Å². The summed E-state index contributed by atoms with van der Waals surface area (Å²) in [6, 6.07) is 2.95. The summed E-state index contributed by atoms with van der Waals surface area (Å²) < 4.78 is 0. The van der Waals surface area contributed by atoms with E-state index < -0.39 is 22.1 Å². The zero-order valence-corrected chi connectivity index (χ0v) is 17.1. The van der Waals surface area contributed by atoms with Gasteiger partial charge in [-0.2, -0.15) is 0 Å². The SMILES string of the molecule is Cc1cc(N2CCC(Nc3c([N+](=O)[O-])cc(CO)c(C)c3[N+](=O)[O-])CC2)nc(C)n1. The van der Waals surface area contributed by atoms with Crippen LogP contribution in [0.1, 0.15) is 35.5 Å². The monoisotopic (exact) mass is 416 g/mol. The van der Waals surface area contributed by atoms with Crippen LogP contribution in [0.2, 0.25) is 0 Å². The summed E-state index contributed by atoms with van der Waals surface area (Å²) in [5.74, 6) is 1.52. The number of benzene rings is 1. The molecule has 2 N–H and O–H groups in total. The minimum Gasteiger partial charge on any atom is -0.392 e. The van der Waals surface area contributed by atoms with Gasteiger partial charge in [0.2, 0.25) is 0 Å². The van der Waals surface area contributed by atoms with E-state index >= 15 is 0 Å². The van der Waals surface area contributed by atoms with Crippen LogP contribution in [0.3, 0.4) is 0 Å². The molecule has 1 aromatic carbocycles. The van der Waals surface area contributed by atoms with E-state index in [1.807, 2.05) is 19.9 Å². The Balaban J connectivity index is 1.84. The Kier molecular flexibility index (Phi) is 6.11. The summed E-state index contributed by atoms with van der Waals surface area (Å²) in [6.07, 6.45) is 1.27. The molecule has 1 fully saturated rings. The van der Waals surface area contributed by atoms with Crippen LogP contribution in [0.25, 0.3) is 0 Å². The Bertz CT molecular complexity index is 968. The van der Waals surface area contributed by atoms with Crippen LogP contribution >= 0.6 is 0 Å². The van der Waals surface area contributed by atoms with E-state index in [4.69, 9.17) is 0 Å². The number of aliphatic hydroxyl groups is 1. The molecule has 11 heteroatoms. The molecular formula is C19H24N6O5. The third kappa shape index (κ3) is 4.30. The number of piperidine rings is 1. The summed E-state index contributed by atoms with van der Waals surface area (Å²) in [5.41, 5.74) is 0.400. The molecule has 0 radical (unpaired) electrons. The average molecular weight is 416 g/mol. The lowest BCUT2D eigenvalue weighted by Gasteiger charge is -2.33. The summed E-state index contributed by atoms with van der Waals surface area (Å²) >= 11 is 0. The molecule has 2 aromatic rings. The van der Waals surface area contributed by atoms with Crippen LogP contribution in [0.4, 0.5) is 22.9 Å². The second-order valence-corrected chi connectivity index (χ2v) is 7.40. The van der Waals surface area contributed by atoms with Gasteiger partial charge < -0.3 is 15.3 Å². The van der Waals surface area contributed by atoms with Crippen LogP contribution < -0.4 is 10.2 Å². The standard InChI is InChI=1S/C19H24N6O5/c1-11-8-17(21-13(3)20-11)23-6-4-15(5-7-23)22-18-16(24(27)28)9-14(10-26)12(2)19(18)25(29)30/h8-9,15,22,26H,4-7,10H2,1-3H3. The lowest BCUT2D eigenvalue weighted by atomic mass is 10.0. The van der Waals surface area contributed by atoms with Crippen molar-refractivity contribution in [1.29, 1.82) is 0 Å². The molecule has 0 spiro atoms. The van der Waals surface area contributed by atoms with Crippen molar-refractivity contribution in [2.45, 2.75) is 46.3 Å². The van der Waals surface area contributed by atoms with Gasteiger partial charge in [0.1, 0.15) is 11.6 Å². The van der Waals surface area contributed by atoms with E-state index in [9.17, 15) is 25.3 Å². The molecular weight excluding hydrogens is 392 g/mol. The number of rotatable bonds is 6. The molecule has 1 saturated heterocycles. The number of nitrogens with one attached hydrogen (secondary N) is 1. The first-order valence-electron chi connectivity index (χ1n) is 9.61. The smallest absolute Gasteiger partial charge is 0.302 e. The van der Waals surface area contributed by atoms with Crippen molar-refractivity contribution in [2.24, 2.45) is 0 Å². The van der Waals surface area contributed by atoms with E-state index in [-0.39, 0.29) is 28.5 Å².